The largest absolute Gasteiger partial charge is 1.00 e. The quantitative estimate of drug-likeness (QED) is 0.277. The Labute approximate surface area is 107 Å². The number of carbonyl (C=O) groups excluding carboxylic acids is 1. The maximum Gasteiger partial charge on any atom is 1.00 e. The van der Waals surface area contributed by atoms with Crippen LogP contribution >= 0.6 is 0 Å². The van der Waals surface area contributed by atoms with Gasteiger partial charge in [-0.1, -0.05) is 0 Å². The Morgan fingerprint density at radius 1 is 1.20 bits per heavy atom. The molecule has 7 heteroatoms. The number of rotatable bonds is 0. The van der Waals surface area contributed by atoms with E-state index >= 15 is 0 Å². The summed E-state index contributed by atoms with van der Waals surface area (Å²) >= 11 is -3.11. The van der Waals surface area contributed by atoms with Crippen molar-refractivity contribution in [2.75, 3.05) is 0 Å². The Morgan fingerprint density at radius 3 is 1.20 bits per heavy atom. The molecule has 0 saturated heterocycles. The predicted octanol–water partition coefficient (Wildman–Crippen LogP) is -6.40. The van der Waals surface area contributed by atoms with Crippen molar-refractivity contribution in [2.24, 2.45) is 0 Å². The van der Waals surface area contributed by atoms with E-state index in [0.29, 0.717) is 0 Å². The van der Waals surface area contributed by atoms with Crippen LogP contribution in [-0.2, 0) is 16.2 Å². The molecule has 0 radical (unpaired) electrons. The number of carbonyl (C=O) groups is 1. The second-order valence-corrected chi connectivity index (χ2v) is 1.52. The predicted molar refractivity (Wildman–Crippen MR) is 26.1 cm³/mol. The first-order valence-electron chi connectivity index (χ1n) is 1.70. The second-order valence-electron chi connectivity index (χ2n) is 1.11. The Balaban J connectivity index is -0.0000000300. The second kappa shape index (κ2) is 17.0. The van der Waals surface area contributed by atoms with Crippen molar-refractivity contribution in [1.29, 1.82) is 0 Å². The van der Waals surface area contributed by atoms with Gasteiger partial charge in [0.15, 0.2) is 0 Å². The summed E-state index contributed by atoms with van der Waals surface area (Å²) in [6.07, 6.45) is 0. The fourth-order valence-corrected chi connectivity index (χ4v) is 0. The summed E-state index contributed by atoms with van der Waals surface area (Å²) in [4.78, 5) is 9.44. The van der Waals surface area contributed by atoms with Gasteiger partial charge in [0, 0.05) is 0 Å². The van der Waals surface area contributed by atoms with Crippen LogP contribution in [0.25, 0.3) is 0 Å². The first-order valence-corrected chi connectivity index (χ1v) is 2.70. The summed E-state index contributed by atoms with van der Waals surface area (Å²) in [5.74, 6) is 0.167. The van der Waals surface area contributed by atoms with Gasteiger partial charge in [0.25, 0.3) is 0 Å². The summed E-state index contributed by atoms with van der Waals surface area (Å²) in [5, 5.41) is 0. The fourth-order valence-electron chi connectivity index (χ4n) is 0. The van der Waals surface area contributed by atoms with E-state index in [2.05, 4.69) is 0 Å². The van der Waals surface area contributed by atoms with E-state index in [1.165, 1.54) is 13.8 Å². The number of Topliss-reactive ketones (excluding diaryl/α,β-unsaturated/α-hetero) is 1. The molecule has 0 spiro atoms. The van der Waals surface area contributed by atoms with Crippen LogP contribution in [0.2, 0.25) is 0 Å². The van der Waals surface area contributed by atoms with Crippen LogP contribution in [0.15, 0.2) is 0 Å². The first kappa shape index (κ1) is 22.6. The topological polar surface area (TPSA) is 80.3 Å². The normalized spacial score (nSPS) is 6.10. The molecule has 0 aromatic carbocycles. The van der Waals surface area contributed by atoms with E-state index in [0.717, 1.165) is 0 Å². The number of ketones is 1. The zero-order chi connectivity index (χ0) is 7.15. The molecule has 0 amide bonds. The molecule has 0 unspecified atom stereocenters. The van der Waals surface area contributed by atoms with Crippen LogP contribution in [0.5, 0.6) is 0 Å². The first-order chi connectivity index (χ1) is 3.46. The van der Waals surface area contributed by atoms with Gasteiger partial charge in [0.2, 0.25) is 0 Å². The molecule has 0 saturated carbocycles. The van der Waals surface area contributed by atoms with Gasteiger partial charge in [-0.05, 0) is 13.8 Å². The third-order valence-electron chi connectivity index (χ3n) is 0. The van der Waals surface area contributed by atoms with Crippen molar-refractivity contribution < 1.29 is 77.2 Å². The van der Waals surface area contributed by atoms with Crippen LogP contribution in [0, 0.1) is 0 Å². The minimum Gasteiger partial charge on any atom is -0.784 e. The smallest absolute Gasteiger partial charge is 0.784 e. The minimum absolute atomic E-state index is 0. The maximum absolute atomic E-state index is 9.44. The monoisotopic (exact) mass is 184 g/mol. The van der Waals surface area contributed by atoms with E-state index < -0.39 is 11.4 Å². The number of hydrogen-bond acceptors (Lipinski definition) is 4. The van der Waals surface area contributed by atoms with Gasteiger partial charge < -0.3 is 13.9 Å². The molecule has 10 heavy (non-hydrogen) atoms. The number of hydrogen-bond donors (Lipinski definition) is 0. The molecule has 4 nitrogen and oxygen atoms in total. The van der Waals surface area contributed by atoms with Crippen LogP contribution in [0.3, 0.4) is 0 Å². The average molecular weight is 184 g/mol. The third-order valence-corrected chi connectivity index (χ3v) is 0. The molecule has 0 aromatic heterocycles. The molecule has 0 aliphatic heterocycles. The molecule has 0 atom stereocenters. The molecular weight excluding hydrogens is 178 g/mol. The van der Waals surface area contributed by atoms with Gasteiger partial charge in [0.1, 0.15) is 5.78 Å². The van der Waals surface area contributed by atoms with Crippen molar-refractivity contribution >= 4 is 17.1 Å². The SMILES string of the molecule is CC(C)=O.O=S([O-])[O-].[Na+].[Na+]. The van der Waals surface area contributed by atoms with Crippen molar-refractivity contribution in [1.82, 2.24) is 0 Å². The van der Waals surface area contributed by atoms with Crippen LogP contribution in [0.1, 0.15) is 13.8 Å². The van der Waals surface area contributed by atoms with E-state index in [9.17, 15) is 4.79 Å². The van der Waals surface area contributed by atoms with E-state index in [-0.39, 0.29) is 64.9 Å². The standard InChI is InChI=1S/C3H6O.2Na.H2O3S/c1-3(2)4;;;1-4(2)3/h1-2H3;;;(H2,1,2,3)/q;2*+1;/p-2. The summed E-state index contributed by atoms with van der Waals surface area (Å²) in [5.41, 5.74) is 0. The zero-order valence-corrected chi connectivity index (χ0v) is 11.4. The van der Waals surface area contributed by atoms with Gasteiger partial charge in [-0.25, -0.2) is 0 Å². The fraction of sp³-hybridized carbons (Fsp3) is 0.667. The van der Waals surface area contributed by atoms with Crippen molar-refractivity contribution in [2.45, 2.75) is 13.8 Å². The molecule has 0 fully saturated rings. The Bertz CT molecular complexity index is 76.5. The van der Waals surface area contributed by atoms with E-state index in [1.54, 1.807) is 0 Å². The van der Waals surface area contributed by atoms with E-state index in [4.69, 9.17) is 13.3 Å². The average Bonchev–Trinajstić information content (AvgIpc) is 1.25. The molecule has 0 aliphatic carbocycles. The van der Waals surface area contributed by atoms with E-state index in [1.807, 2.05) is 0 Å². The van der Waals surface area contributed by atoms with Crippen LogP contribution in [-0.4, -0.2) is 19.1 Å². The molecule has 0 aromatic rings. The minimum atomic E-state index is -3.11. The Kier molecular flexibility index (Phi) is 38.4. The van der Waals surface area contributed by atoms with Gasteiger partial charge >= 0.3 is 59.1 Å². The molecule has 0 rings (SSSR count). The van der Waals surface area contributed by atoms with Gasteiger partial charge in [-0.3, -0.25) is 4.21 Å². The molecule has 0 N–H and O–H groups in total. The Morgan fingerprint density at radius 2 is 1.20 bits per heavy atom. The van der Waals surface area contributed by atoms with Crippen molar-refractivity contribution in [3.63, 3.8) is 0 Å². The van der Waals surface area contributed by atoms with Crippen molar-refractivity contribution in [3.8, 4) is 0 Å². The van der Waals surface area contributed by atoms with Gasteiger partial charge in [-0.2, -0.15) is 0 Å². The summed E-state index contributed by atoms with van der Waals surface area (Å²) < 4.78 is 25.3. The Hall–Kier alpha value is 1.74. The third kappa shape index (κ3) is 246. The van der Waals surface area contributed by atoms with Crippen LogP contribution < -0.4 is 59.1 Å². The summed E-state index contributed by atoms with van der Waals surface area (Å²) in [7, 11) is 0. The molecule has 0 aliphatic rings. The maximum atomic E-state index is 9.44. The van der Waals surface area contributed by atoms with Crippen LogP contribution in [0.4, 0.5) is 0 Å². The molecule has 50 valence electrons. The zero-order valence-electron chi connectivity index (χ0n) is 6.54. The van der Waals surface area contributed by atoms with Gasteiger partial charge in [0.05, 0.1) is 0 Å². The summed E-state index contributed by atoms with van der Waals surface area (Å²) in [6, 6.07) is 0. The van der Waals surface area contributed by atoms with Crippen molar-refractivity contribution in [3.05, 3.63) is 0 Å². The van der Waals surface area contributed by atoms with Gasteiger partial charge in [-0.15, -0.1) is 11.4 Å². The summed E-state index contributed by atoms with van der Waals surface area (Å²) in [6.45, 7) is 3.06. The molecule has 0 bridgehead atoms. The molecule has 0 heterocycles. The molecular formula is C3H6Na2O4S.